The van der Waals surface area contributed by atoms with Crippen molar-refractivity contribution < 1.29 is 33.8 Å². The molecule has 0 fully saturated rings. The van der Waals surface area contributed by atoms with Gasteiger partial charge in [-0.05, 0) is 38.3 Å². The molecule has 9 heteroatoms. The third-order valence-corrected chi connectivity index (χ3v) is 5.00. The lowest BCUT2D eigenvalue weighted by molar-refractivity contribution is -0.142. The van der Waals surface area contributed by atoms with E-state index in [-0.39, 0.29) is 37.2 Å². The Morgan fingerprint density at radius 3 is 2.30 bits per heavy atom. The molecule has 0 saturated carbocycles. The van der Waals surface area contributed by atoms with E-state index in [1.807, 2.05) is 19.1 Å². The Bertz CT molecular complexity index is 750. The maximum absolute atomic E-state index is 12.0. The van der Waals surface area contributed by atoms with Crippen molar-refractivity contribution in [1.29, 1.82) is 0 Å². The zero-order chi connectivity index (χ0) is 24.5. The highest BCUT2D eigenvalue weighted by molar-refractivity contribution is 5.94. The fourth-order valence-electron chi connectivity index (χ4n) is 2.93. The van der Waals surface area contributed by atoms with Crippen LogP contribution in [0.25, 0.3) is 0 Å². The molecule has 1 unspecified atom stereocenters. The van der Waals surface area contributed by atoms with E-state index in [1.54, 1.807) is 19.1 Å². The third-order valence-electron chi connectivity index (χ3n) is 5.00. The largest absolute Gasteiger partial charge is 0.481 e. The average Bonchev–Trinajstić information content (AvgIpc) is 2.79. The van der Waals surface area contributed by atoms with Crippen molar-refractivity contribution in [3.63, 3.8) is 0 Å². The van der Waals surface area contributed by atoms with Crippen LogP contribution < -0.4 is 10.6 Å². The predicted molar refractivity (Wildman–Crippen MR) is 123 cm³/mol. The van der Waals surface area contributed by atoms with E-state index in [0.717, 1.165) is 5.56 Å². The number of nitrogens with one attached hydrogen (secondary N) is 2. The molecule has 1 aromatic carbocycles. The molecule has 0 aromatic heterocycles. The summed E-state index contributed by atoms with van der Waals surface area (Å²) in [7, 11) is 0. The highest BCUT2D eigenvalue weighted by atomic mass is 16.5. The molecule has 9 nitrogen and oxygen atoms in total. The van der Waals surface area contributed by atoms with Gasteiger partial charge in [-0.1, -0.05) is 24.6 Å². The van der Waals surface area contributed by atoms with Crippen molar-refractivity contribution >= 4 is 23.6 Å². The number of ether oxygens (including phenoxy) is 2. The van der Waals surface area contributed by atoms with Gasteiger partial charge in [0.1, 0.15) is 6.61 Å². The standard InChI is InChI=1S/C24H36N2O7/c1-3-19(24(30)31)10-11-22(28)25-13-14-32-15-16-33-17-21(27)5-4-12-26-23(29)20-8-6-18(2)7-9-20/h6-9,19H,3-5,10-17H2,1-2H3,(H,25,28)(H,26,29)(H,30,31). The Morgan fingerprint density at radius 2 is 1.64 bits per heavy atom. The smallest absolute Gasteiger partial charge is 0.306 e. The number of Topliss-reactive ketones (excluding diaryl/α,β-unsaturated/α-hetero) is 1. The van der Waals surface area contributed by atoms with Crippen LogP contribution in [0, 0.1) is 12.8 Å². The minimum absolute atomic E-state index is 0.00578. The van der Waals surface area contributed by atoms with Gasteiger partial charge in [0, 0.05) is 31.5 Å². The number of carbonyl (C=O) groups excluding carboxylic acids is 3. The second-order valence-corrected chi connectivity index (χ2v) is 7.76. The van der Waals surface area contributed by atoms with E-state index in [1.165, 1.54) is 0 Å². The molecule has 0 radical (unpaired) electrons. The average molecular weight is 465 g/mol. The normalized spacial score (nSPS) is 11.6. The molecule has 1 atom stereocenters. The highest BCUT2D eigenvalue weighted by Crippen LogP contribution is 2.10. The lowest BCUT2D eigenvalue weighted by Crippen LogP contribution is -2.28. The molecule has 0 heterocycles. The molecule has 0 saturated heterocycles. The molecule has 33 heavy (non-hydrogen) atoms. The van der Waals surface area contributed by atoms with Crippen LogP contribution in [0.1, 0.15) is 54.9 Å². The number of aryl methyl sites for hydroxylation is 1. The lowest BCUT2D eigenvalue weighted by Gasteiger charge is -2.10. The lowest BCUT2D eigenvalue weighted by atomic mass is 10.0. The Balaban J connectivity index is 1.95. The molecule has 0 spiro atoms. The summed E-state index contributed by atoms with van der Waals surface area (Å²) in [4.78, 5) is 46.4. The number of amides is 2. The van der Waals surface area contributed by atoms with Crippen LogP contribution in [0.15, 0.2) is 24.3 Å². The van der Waals surface area contributed by atoms with E-state index in [4.69, 9.17) is 14.6 Å². The number of hydrogen-bond donors (Lipinski definition) is 3. The summed E-state index contributed by atoms with van der Waals surface area (Å²) in [5.74, 6) is -1.77. The van der Waals surface area contributed by atoms with Crippen molar-refractivity contribution in [3.05, 3.63) is 35.4 Å². The molecule has 1 aromatic rings. The van der Waals surface area contributed by atoms with Crippen LogP contribution in [-0.2, 0) is 23.9 Å². The fourth-order valence-corrected chi connectivity index (χ4v) is 2.93. The van der Waals surface area contributed by atoms with Gasteiger partial charge in [-0.3, -0.25) is 19.2 Å². The Hall–Kier alpha value is -2.78. The summed E-state index contributed by atoms with van der Waals surface area (Å²) in [5, 5.41) is 14.4. The molecule has 0 aliphatic rings. The quantitative estimate of drug-likeness (QED) is 0.284. The van der Waals surface area contributed by atoms with Gasteiger partial charge < -0.3 is 25.2 Å². The molecule has 184 valence electrons. The van der Waals surface area contributed by atoms with Crippen molar-refractivity contribution in [2.75, 3.05) is 39.5 Å². The summed E-state index contributed by atoms with van der Waals surface area (Å²) in [6.07, 6.45) is 1.85. The van der Waals surface area contributed by atoms with Crippen molar-refractivity contribution in [2.24, 2.45) is 5.92 Å². The van der Waals surface area contributed by atoms with Crippen LogP contribution in [0.5, 0.6) is 0 Å². The van der Waals surface area contributed by atoms with Gasteiger partial charge in [0.15, 0.2) is 5.78 Å². The number of rotatable bonds is 18. The van der Waals surface area contributed by atoms with Crippen LogP contribution in [-0.4, -0.2) is 68.2 Å². The topological polar surface area (TPSA) is 131 Å². The van der Waals surface area contributed by atoms with Crippen LogP contribution in [0.4, 0.5) is 0 Å². The van der Waals surface area contributed by atoms with Crippen LogP contribution in [0.2, 0.25) is 0 Å². The minimum atomic E-state index is -0.878. The highest BCUT2D eigenvalue weighted by Gasteiger charge is 2.16. The molecule has 3 N–H and O–H groups in total. The second-order valence-electron chi connectivity index (χ2n) is 7.76. The molecule has 0 bridgehead atoms. The third kappa shape index (κ3) is 13.4. The van der Waals surface area contributed by atoms with Gasteiger partial charge in [-0.25, -0.2) is 0 Å². The van der Waals surface area contributed by atoms with Gasteiger partial charge in [-0.15, -0.1) is 0 Å². The first-order valence-electron chi connectivity index (χ1n) is 11.3. The number of hydrogen-bond acceptors (Lipinski definition) is 6. The van der Waals surface area contributed by atoms with Gasteiger partial charge in [0.05, 0.1) is 25.7 Å². The molecule has 1 rings (SSSR count). The van der Waals surface area contributed by atoms with Gasteiger partial charge >= 0.3 is 5.97 Å². The minimum Gasteiger partial charge on any atom is -0.481 e. The van der Waals surface area contributed by atoms with Crippen molar-refractivity contribution in [1.82, 2.24) is 10.6 Å². The first-order chi connectivity index (χ1) is 15.8. The summed E-state index contributed by atoms with van der Waals surface area (Å²) in [6, 6.07) is 7.29. The first kappa shape index (κ1) is 28.3. The summed E-state index contributed by atoms with van der Waals surface area (Å²) in [5.41, 5.74) is 1.68. The van der Waals surface area contributed by atoms with E-state index >= 15 is 0 Å². The summed E-state index contributed by atoms with van der Waals surface area (Å²) in [6.45, 7) is 5.35. The van der Waals surface area contributed by atoms with Gasteiger partial charge in [0.2, 0.25) is 5.91 Å². The molecular formula is C24H36N2O7. The maximum atomic E-state index is 12.0. The summed E-state index contributed by atoms with van der Waals surface area (Å²) >= 11 is 0. The SMILES string of the molecule is CCC(CCC(=O)NCCOCCOCC(=O)CCCNC(=O)c1ccc(C)cc1)C(=O)O. The van der Waals surface area contributed by atoms with Gasteiger partial charge in [-0.2, -0.15) is 0 Å². The van der Waals surface area contributed by atoms with Crippen molar-refractivity contribution in [3.8, 4) is 0 Å². The van der Waals surface area contributed by atoms with Crippen LogP contribution >= 0.6 is 0 Å². The second kappa shape index (κ2) is 16.8. The van der Waals surface area contributed by atoms with Gasteiger partial charge in [0.25, 0.3) is 5.91 Å². The Morgan fingerprint density at radius 1 is 0.939 bits per heavy atom. The Labute approximate surface area is 195 Å². The van der Waals surface area contributed by atoms with E-state index in [0.29, 0.717) is 57.6 Å². The molecular weight excluding hydrogens is 428 g/mol. The fraction of sp³-hybridized carbons (Fsp3) is 0.583. The monoisotopic (exact) mass is 464 g/mol. The maximum Gasteiger partial charge on any atom is 0.306 e. The molecule has 2 amide bonds. The van der Waals surface area contributed by atoms with E-state index in [9.17, 15) is 19.2 Å². The number of carboxylic acid groups (broad SMARTS) is 1. The summed E-state index contributed by atoms with van der Waals surface area (Å²) < 4.78 is 10.6. The number of carboxylic acids is 1. The van der Waals surface area contributed by atoms with E-state index < -0.39 is 11.9 Å². The number of benzene rings is 1. The zero-order valence-corrected chi connectivity index (χ0v) is 19.6. The number of aliphatic carboxylic acids is 1. The molecule has 0 aliphatic heterocycles. The predicted octanol–water partition coefficient (Wildman–Crippen LogP) is 2.11. The Kier molecular flexibility index (Phi) is 14.4. The first-order valence-corrected chi connectivity index (χ1v) is 11.3. The van der Waals surface area contributed by atoms with Crippen LogP contribution in [0.3, 0.4) is 0 Å². The molecule has 0 aliphatic carbocycles. The zero-order valence-electron chi connectivity index (χ0n) is 19.6. The number of ketones is 1. The number of carbonyl (C=O) groups is 4. The van der Waals surface area contributed by atoms with Crippen molar-refractivity contribution in [2.45, 2.75) is 46.0 Å². The van der Waals surface area contributed by atoms with E-state index in [2.05, 4.69) is 10.6 Å².